The third-order valence-corrected chi connectivity index (χ3v) is 5.48. The molecule has 0 radical (unpaired) electrons. The van der Waals surface area contributed by atoms with E-state index >= 15 is 0 Å². The monoisotopic (exact) mass is 433 g/mol. The third kappa shape index (κ3) is 5.52. The first-order valence-corrected chi connectivity index (χ1v) is 10.7. The number of aliphatic carboxylic acids is 1. The molecular weight excluding hydrogens is 406 g/mol. The van der Waals surface area contributed by atoms with E-state index in [0.717, 1.165) is 16.7 Å². The van der Waals surface area contributed by atoms with Gasteiger partial charge in [0.15, 0.2) is 11.5 Å². The standard InChI is InChI=1S/C26H27NO5/c1-18-11-14-20(15-12-18)24-23(21(28)16-13-19-8-4-2-5-9-19)25(31)26(32)27(24)17-7-3-6-10-22(29)30/h2,4-5,8-9,11-16,24,31H,3,6-7,10,17H2,1H3,(H,29,30). The summed E-state index contributed by atoms with van der Waals surface area (Å²) in [6.45, 7) is 2.27. The summed E-state index contributed by atoms with van der Waals surface area (Å²) in [4.78, 5) is 38.2. The second kappa shape index (κ2) is 10.6. The largest absolute Gasteiger partial charge is 0.503 e. The highest BCUT2D eigenvalue weighted by Gasteiger charge is 2.42. The van der Waals surface area contributed by atoms with E-state index in [9.17, 15) is 19.5 Å². The molecule has 0 saturated heterocycles. The number of allylic oxidation sites excluding steroid dienone is 1. The fourth-order valence-corrected chi connectivity index (χ4v) is 3.79. The number of carboxylic acids is 1. The minimum absolute atomic E-state index is 0.0663. The summed E-state index contributed by atoms with van der Waals surface area (Å²) in [7, 11) is 0. The molecule has 2 N–H and O–H groups in total. The van der Waals surface area contributed by atoms with Gasteiger partial charge in [0, 0.05) is 13.0 Å². The highest BCUT2D eigenvalue weighted by molar-refractivity contribution is 6.14. The molecule has 0 fully saturated rings. The van der Waals surface area contributed by atoms with Crippen molar-refractivity contribution in [2.75, 3.05) is 6.54 Å². The SMILES string of the molecule is Cc1ccc(C2C(C(=O)C=Cc3ccccc3)=C(O)C(=O)N2CCCCCC(=O)O)cc1. The average molecular weight is 434 g/mol. The van der Waals surface area contributed by atoms with Gasteiger partial charge in [0.2, 0.25) is 0 Å². The summed E-state index contributed by atoms with van der Waals surface area (Å²) >= 11 is 0. The molecule has 1 aliphatic rings. The molecule has 0 bridgehead atoms. The number of hydrogen-bond acceptors (Lipinski definition) is 4. The lowest BCUT2D eigenvalue weighted by Crippen LogP contribution is -2.32. The lowest BCUT2D eigenvalue weighted by atomic mass is 9.95. The maximum absolute atomic E-state index is 13.1. The van der Waals surface area contributed by atoms with E-state index in [-0.39, 0.29) is 12.0 Å². The Morgan fingerprint density at radius 3 is 2.34 bits per heavy atom. The number of rotatable bonds is 10. The van der Waals surface area contributed by atoms with Crippen molar-refractivity contribution >= 4 is 23.7 Å². The average Bonchev–Trinajstić information content (AvgIpc) is 3.03. The molecule has 1 aliphatic heterocycles. The second-order valence-corrected chi connectivity index (χ2v) is 7.89. The highest BCUT2D eigenvalue weighted by Crippen LogP contribution is 2.38. The molecule has 1 unspecified atom stereocenters. The normalized spacial score (nSPS) is 16.2. The van der Waals surface area contributed by atoms with E-state index < -0.39 is 29.5 Å². The molecule has 2 aromatic rings. The molecule has 0 spiro atoms. The van der Waals surface area contributed by atoms with Gasteiger partial charge in [-0.2, -0.15) is 0 Å². The van der Waals surface area contributed by atoms with Crippen molar-refractivity contribution in [2.45, 2.75) is 38.6 Å². The van der Waals surface area contributed by atoms with Crippen LogP contribution in [0, 0.1) is 6.92 Å². The zero-order chi connectivity index (χ0) is 23.1. The Labute approximate surface area is 187 Å². The van der Waals surface area contributed by atoms with Gasteiger partial charge in [-0.25, -0.2) is 0 Å². The van der Waals surface area contributed by atoms with E-state index in [1.807, 2.05) is 61.5 Å². The molecule has 0 aliphatic carbocycles. The smallest absolute Gasteiger partial charge is 0.303 e. The molecule has 32 heavy (non-hydrogen) atoms. The number of unbranched alkanes of at least 4 members (excludes halogenated alkanes) is 2. The van der Waals surface area contributed by atoms with Crippen molar-refractivity contribution in [1.82, 2.24) is 4.90 Å². The Morgan fingerprint density at radius 1 is 1.00 bits per heavy atom. The van der Waals surface area contributed by atoms with E-state index in [0.29, 0.717) is 25.8 Å². The topological polar surface area (TPSA) is 94.9 Å². The third-order valence-electron chi connectivity index (χ3n) is 5.48. The lowest BCUT2D eigenvalue weighted by Gasteiger charge is -2.26. The number of amides is 1. The van der Waals surface area contributed by atoms with E-state index in [1.165, 1.54) is 11.0 Å². The molecule has 0 saturated carbocycles. The Balaban J connectivity index is 1.85. The molecular formula is C26H27NO5. The maximum Gasteiger partial charge on any atom is 0.303 e. The van der Waals surface area contributed by atoms with Gasteiger partial charge in [-0.1, -0.05) is 72.7 Å². The van der Waals surface area contributed by atoms with Crippen LogP contribution in [0.1, 0.15) is 48.4 Å². The van der Waals surface area contributed by atoms with Gasteiger partial charge in [-0.3, -0.25) is 14.4 Å². The summed E-state index contributed by atoms with van der Waals surface area (Å²) < 4.78 is 0. The van der Waals surface area contributed by atoms with Gasteiger partial charge in [-0.15, -0.1) is 0 Å². The van der Waals surface area contributed by atoms with Crippen molar-refractivity contribution < 1.29 is 24.6 Å². The first kappa shape index (κ1) is 23.0. The lowest BCUT2D eigenvalue weighted by molar-refractivity contribution is -0.137. The molecule has 1 heterocycles. The van der Waals surface area contributed by atoms with Crippen LogP contribution in [0.4, 0.5) is 0 Å². The first-order chi connectivity index (χ1) is 15.4. The van der Waals surface area contributed by atoms with Crippen LogP contribution in [-0.4, -0.2) is 39.3 Å². The molecule has 2 aromatic carbocycles. The number of carboxylic acid groups (broad SMARTS) is 1. The van der Waals surface area contributed by atoms with E-state index in [2.05, 4.69) is 0 Å². The van der Waals surface area contributed by atoms with Crippen molar-refractivity contribution in [3.05, 3.63) is 88.7 Å². The Morgan fingerprint density at radius 2 is 1.69 bits per heavy atom. The maximum atomic E-state index is 13.1. The molecule has 6 heteroatoms. The van der Waals surface area contributed by atoms with Crippen LogP contribution in [0.3, 0.4) is 0 Å². The molecule has 1 atom stereocenters. The number of carbonyl (C=O) groups excluding carboxylic acids is 2. The Kier molecular flexibility index (Phi) is 7.60. The van der Waals surface area contributed by atoms with Gasteiger partial charge < -0.3 is 15.1 Å². The predicted octanol–water partition coefficient (Wildman–Crippen LogP) is 4.62. The molecule has 3 rings (SSSR count). The predicted molar refractivity (Wildman–Crippen MR) is 122 cm³/mol. The zero-order valence-corrected chi connectivity index (χ0v) is 18.0. The highest BCUT2D eigenvalue weighted by atomic mass is 16.4. The fourth-order valence-electron chi connectivity index (χ4n) is 3.79. The number of aryl methyl sites for hydroxylation is 1. The minimum atomic E-state index is -0.850. The summed E-state index contributed by atoms with van der Waals surface area (Å²) in [6.07, 6.45) is 4.84. The Hall–Kier alpha value is -3.67. The zero-order valence-electron chi connectivity index (χ0n) is 18.0. The van der Waals surface area contributed by atoms with Crippen molar-refractivity contribution in [3.8, 4) is 0 Å². The van der Waals surface area contributed by atoms with Crippen LogP contribution in [0.5, 0.6) is 0 Å². The Bertz CT molecular complexity index is 1040. The summed E-state index contributed by atoms with van der Waals surface area (Å²) in [6, 6.07) is 16.2. The van der Waals surface area contributed by atoms with Crippen molar-refractivity contribution in [2.24, 2.45) is 0 Å². The second-order valence-electron chi connectivity index (χ2n) is 7.89. The van der Waals surface area contributed by atoms with Gasteiger partial charge in [-0.05, 0) is 37.0 Å². The van der Waals surface area contributed by atoms with Gasteiger partial charge in [0.05, 0.1) is 11.6 Å². The number of aliphatic hydroxyl groups is 1. The number of aliphatic hydroxyl groups excluding tert-OH is 1. The van der Waals surface area contributed by atoms with Crippen LogP contribution >= 0.6 is 0 Å². The fraction of sp³-hybridized carbons (Fsp3) is 0.269. The van der Waals surface area contributed by atoms with Crippen molar-refractivity contribution in [1.29, 1.82) is 0 Å². The van der Waals surface area contributed by atoms with Gasteiger partial charge in [0.1, 0.15) is 0 Å². The van der Waals surface area contributed by atoms with Gasteiger partial charge >= 0.3 is 5.97 Å². The molecule has 166 valence electrons. The summed E-state index contributed by atoms with van der Waals surface area (Å²) in [5.41, 5.74) is 2.70. The molecule has 1 amide bonds. The van der Waals surface area contributed by atoms with Crippen LogP contribution in [0.25, 0.3) is 6.08 Å². The van der Waals surface area contributed by atoms with Crippen LogP contribution in [0.2, 0.25) is 0 Å². The van der Waals surface area contributed by atoms with Gasteiger partial charge in [0.25, 0.3) is 5.91 Å². The first-order valence-electron chi connectivity index (χ1n) is 10.7. The number of carbonyl (C=O) groups is 3. The molecule has 0 aromatic heterocycles. The summed E-state index contributed by atoms with van der Waals surface area (Å²) in [5, 5.41) is 19.4. The van der Waals surface area contributed by atoms with Crippen LogP contribution in [0.15, 0.2) is 72.0 Å². The number of hydrogen-bond donors (Lipinski definition) is 2. The quantitative estimate of drug-likeness (QED) is 0.421. The van der Waals surface area contributed by atoms with Crippen LogP contribution in [-0.2, 0) is 14.4 Å². The summed E-state index contributed by atoms with van der Waals surface area (Å²) in [5.74, 6) is -2.37. The van der Waals surface area contributed by atoms with E-state index in [4.69, 9.17) is 5.11 Å². The van der Waals surface area contributed by atoms with Crippen LogP contribution < -0.4 is 0 Å². The number of ketones is 1. The minimum Gasteiger partial charge on any atom is -0.503 e. The van der Waals surface area contributed by atoms with E-state index in [1.54, 1.807) is 6.08 Å². The molecule has 6 nitrogen and oxygen atoms in total. The number of benzene rings is 2. The van der Waals surface area contributed by atoms with Crippen molar-refractivity contribution in [3.63, 3.8) is 0 Å². The number of nitrogens with zero attached hydrogens (tertiary/aromatic N) is 1.